The van der Waals surface area contributed by atoms with E-state index in [4.69, 9.17) is 10.5 Å². The molecule has 82 valence electrons. The van der Waals surface area contributed by atoms with Crippen LogP contribution in [0.15, 0.2) is 0 Å². The summed E-state index contributed by atoms with van der Waals surface area (Å²) in [5.41, 5.74) is 5.49. The van der Waals surface area contributed by atoms with Crippen molar-refractivity contribution in [1.29, 1.82) is 0 Å². The van der Waals surface area contributed by atoms with Gasteiger partial charge in [-0.3, -0.25) is 4.79 Å². The van der Waals surface area contributed by atoms with E-state index in [-0.39, 0.29) is 30.8 Å². The van der Waals surface area contributed by atoms with Crippen LogP contribution in [0.5, 0.6) is 0 Å². The molecular weight excluding hydrogens is 215 g/mol. The Bertz CT molecular complexity index is 134. The normalized spacial score (nSPS) is 11.2. The molecule has 4 nitrogen and oxygen atoms in total. The molecule has 0 amide bonds. The number of nitrogens with two attached hydrogens (primary N) is 1. The Morgan fingerprint density at radius 3 is 2.23 bits per heavy atom. The van der Waals surface area contributed by atoms with E-state index in [1.54, 1.807) is 6.92 Å². The summed E-state index contributed by atoms with van der Waals surface area (Å²) in [5, 5.41) is 0. The highest BCUT2D eigenvalue weighted by molar-refractivity contribution is 5.85. The van der Waals surface area contributed by atoms with Gasteiger partial charge >= 0.3 is 5.97 Å². The summed E-state index contributed by atoms with van der Waals surface area (Å²) < 4.78 is 4.71. The van der Waals surface area contributed by atoms with Crippen LogP contribution in [0.3, 0.4) is 0 Å². The number of hydrogen-bond acceptors (Lipinski definition) is 4. The second kappa shape index (κ2) is 10.1. The number of halogens is 2. The van der Waals surface area contributed by atoms with E-state index in [1.165, 1.54) is 0 Å². The molecule has 0 aromatic heterocycles. The van der Waals surface area contributed by atoms with Crippen molar-refractivity contribution in [2.24, 2.45) is 5.73 Å². The van der Waals surface area contributed by atoms with Crippen molar-refractivity contribution >= 4 is 30.8 Å². The summed E-state index contributed by atoms with van der Waals surface area (Å²) >= 11 is 0. The van der Waals surface area contributed by atoms with Crippen LogP contribution in [0.25, 0.3) is 0 Å². The number of likely N-dealkylation sites (N-methyl/N-ethyl adjacent to an activating group) is 1. The number of rotatable bonds is 4. The number of carbonyl (C=O) groups excluding carboxylic acids is 1. The molecule has 0 fully saturated rings. The van der Waals surface area contributed by atoms with Gasteiger partial charge in [0.15, 0.2) is 0 Å². The molecule has 0 rings (SSSR count). The van der Waals surface area contributed by atoms with Gasteiger partial charge in [0.05, 0.1) is 6.61 Å². The molecular formula is C7H18Cl2N2O2. The fourth-order valence-electron chi connectivity index (χ4n) is 0.717. The molecule has 0 aromatic rings. The van der Waals surface area contributed by atoms with Gasteiger partial charge in [-0.2, -0.15) is 0 Å². The molecule has 1 unspecified atom stereocenters. The molecule has 0 aromatic carbocycles. The van der Waals surface area contributed by atoms with E-state index in [2.05, 4.69) is 0 Å². The molecule has 0 aliphatic heterocycles. The second-order valence-electron chi connectivity index (χ2n) is 2.62. The minimum Gasteiger partial charge on any atom is -0.465 e. The molecule has 0 aliphatic carbocycles. The lowest BCUT2D eigenvalue weighted by atomic mass is 10.3. The van der Waals surface area contributed by atoms with Crippen molar-refractivity contribution in [1.82, 2.24) is 4.90 Å². The molecule has 2 N–H and O–H groups in total. The molecule has 0 heterocycles. The Hall–Kier alpha value is -0.0300. The van der Waals surface area contributed by atoms with Crippen LogP contribution in [0.2, 0.25) is 0 Å². The van der Waals surface area contributed by atoms with Crippen molar-refractivity contribution < 1.29 is 9.53 Å². The minimum atomic E-state index is -0.523. The van der Waals surface area contributed by atoms with Gasteiger partial charge in [0.1, 0.15) is 6.04 Å². The highest BCUT2D eigenvalue weighted by Crippen LogP contribution is 1.87. The number of ether oxygens (including phenoxy) is 1. The van der Waals surface area contributed by atoms with Gasteiger partial charge in [-0.15, -0.1) is 24.8 Å². The summed E-state index contributed by atoms with van der Waals surface area (Å²) in [5.74, 6) is -0.332. The van der Waals surface area contributed by atoms with Crippen molar-refractivity contribution in [3.63, 3.8) is 0 Å². The fraction of sp³-hybridized carbons (Fsp3) is 0.857. The quantitative estimate of drug-likeness (QED) is 0.709. The van der Waals surface area contributed by atoms with Gasteiger partial charge < -0.3 is 15.4 Å². The zero-order chi connectivity index (χ0) is 8.85. The van der Waals surface area contributed by atoms with Crippen molar-refractivity contribution in [3.05, 3.63) is 0 Å². The lowest BCUT2D eigenvalue weighted by Crippen LogP contribution is -2.41. The van der Waals surface area contributed by atoms with Crippen LogP contribution < -0.4 is 5.73 Å². The predicted octanol–water partition coefficient (Wildman–Crippen LogP) is 0.282. The highest BCUT2D eigenvalue weighted by Gasteiger charge is 2.14. The van der Waals surface area contributed by atoms with Crippen molar-refractivity contribution in [3.8, 4) is 0 Å². The van der Waals surface area contributed by atoms with Gasteiger partial charge in [-0.1, -0.05) is 0 Å². The molecule has 0 spiro atoms. The molecule has 0 saturated carbocycles. The van der Waals surface area contributed by atoms with Crippen LogP contribution in [0, 0.1) is 0 Å². The van der Waals surface area contributed by atoms with Crippen LogP contribution in [0.1, 0.15) is 6.92 Å². The Morgan fingerprint density at radius 1 is 1.46 bits per heavy atom. The number of carbonyl (C=O) groups is 1. The third-order valence-corrected chi connectivity index (χ3v) is 1.15. The maximum Gasteiger partial charge on any atom is 0.324 e. The van der Waals surface area contributed by atoms with Crippen molar-refractivity contribution in [2.75, 3.05) is 27.2 Å². The van der Waals surface area contributed by atoms with E-state index in [9.17, 15) is 4.79 Å². The topological polar surface area (TPSA) is 55.6 Å². The average molecular weight is 233 g/mol. The zero-order valence-corrected chi connectivity index (χ0v) is 9.78. The summed E-state index contributed by atoms with van der Waals surface area (Å²) in [4.78, 5) is 12.8. The lowest BCUT2D eigenvalue weighted by molar-refractivity contribution is -0.145. The molecule has 6 heteroatoms. The van der Waals surface area contributed by atoms with Gasteiger partial charge in [-0.25, -0.2) is 0 Å². The molecule has 0 aliphatic rings. The van der Waals surface area contributed by atoms with Crippen LogP contribution in [-0.2, 0) is 9.53 Å². The first-order chi connectivity index (χ1) is 5.07. The number of esters is 1. The smallest absolute Gasteiger partial charge is 0.324 e. The van der Waals surface area contributed by atoms with Crippen molar-refractivity contribution in [2.45, 2.75) is 13.0 Å². The maximum atomic E-state index is 10.9. The monoisotopic (exact) mass is 232 g/mol. The molecule has 0 bridgehead atoms. The maximum absolute atomic E-state index is 10.9. The Balaban J connectivity index is -0.000000500. The van der Waals surface area contributed by atoms with Crippen LogP contribution in [-0.4, -0.2) is 44.2 Å². The largest absolute Gasteiger partial charge is 0.465 e. The summed E-state index contributed by atoms with van der Waals surface area (Å²) in [6.07, 6.45) is 0. The van der Waals surface area contributed by atoms with E-state index < -0.39 is 6.04 Å². The van der Waals surface area contributed by atoms with Crippen LogP contribution >= 0.6 is 24.8 Å². The number of nitrogens with zero attached hydrogens (tertiary/aromatic N) is 1. The third-order valence-electron chi connectivity index (χ3n) is 1.15. The van der Waals surface area contributed by atoms with Gasteiger partial charge in [0.2, 0.25) is 0 Å². The van der Waals surface area contributed by atoms with E-state index in [1.807, 2.05) is 19.0 Å². The van der Waals surface area contributed by atoms with Gasteiger partial charge in [0, 0.05) is 6.54 Å². The minimum absolute atomic E-state index is 0. The van der Waals surface area contributed by atoms with E-state index in [0.29, 0.717) is 13.2 Å². The predicted molar refractivity (Wildman–Crippen MR) is 57.7 cm³/mol. The average Bonchev–Trinajstić information content (AvgIpc) is 1.86. The summed E-state index contributed by atoms with van der Waals surface area (Å²) in [6.45, 7) is 2.68. The van der Waals surface area contributed by atoms with Crippen LogP contribution in [0.4, 0.5) is 0 Å². The van der Waals surface area contributed by atoms with Gasteiger partial charge in [0.25, 0.3) is 0 Å². The second-order valence-corrected chi connectivity index (χ2v) is 2.62. The fourth-order valence-corrected chi connectivity index (χ4v) is 0.717. The lowest BCUT2D eigenvalue weighted by Gasteiger charge is -2.14. The van der Waals surface area contributed by atoms with Gasteiger partial charge in [-0.05, 0) is 21.0 Å². The first kappa shape index (κ1) is 18.7. The molecule has 13 heavy (non-hydrogen) atoms. The summed E-state index contributed by atoms with van der Waals surface area (Å²) in [7, 11) is 3.72. The Kier molecular flexibility index (Phi) is 14.5. The molecule has 0 radical (unpaired) electrons. The standard InChI is InChI=1S/C7H16N2O2.2ClH/c1-4-11-7(10)6(8)5-9(2)3;;/h6H,4-5,8H2,1-3H3;2*1H. The zero-order valence-electron chi connectivity index (χ0n) is 8.15. The first-order valence-corrected chi connectivity index (χ1v) is 3.64. The highest BCUT2D eigenvalue weighted by atomic mass is 35.5. The first-order valence-electron chi connectivity index (χ1n) is 3.64. The summed E-state index contributed by atoms with van der Waals surface area (Å²) in [6, 6.07) is -0.523. The molecule has 0 saturated heterocycles. The molecule has 1 atom stereocenters. The third kappa shape index (κ3) is 9.89. The number of hydrogen-bond donors (Lipinski definition) is 1. The van der Waals surface area contributed by atoms with E-state index in [0.717, 1.165) is 0 Å². The Labute approximate surface area is 91.6 Å². The Morgan fingerprint density at radius 2 is 1.92 bits per heavy atom. The van der Waals surface area contributed by atoms with E-state index >= 15 is 0 Å². The SMILES string of the molecule is CCOC(=O)C(N)CN(C)C.Cl.Cl.